The molecule has 0 aliphatic rings. The molecule has 14 heavy (non-hydrogen) atoms. The van der Waals surface area contributed by atoms with Gasteiger partial charge in [0.2, 0.25) is 0 Å². The molecule has 0 amide bonds. The van der Waals surface area contributed by atoms with E-state index in [0.29, 0.717) is 0 Å². The minimum Gasteiger partial charge on any atom is -0.234 e. The molecule has 0 aliphatic heterocycles. The summed E-state index contributed by atoms with van der Waals surface area (Å²) < 4.78 is 16.3. The van der Waals surface area contributed by atoms with Crippen LogP contribution in [0.3, 0.4) is 0 Å². The molecule has 1 aromatic heterocycles. The minimum atomic E-state index is -1.17. The molecule has 0 fully saturated rings. The van der Waals surface area contributed by atoms with Crippen LogP contribution in [-0.2, 0) is 11.0 Å². The quantitative estimate of drug-likeness (QED) is 0.769. The van der Waals surface area contributed by atoms with Crippen LogP contribution in [0.15, 0.2) is 20.3 Å². The normalized spacial score (nSPS) is 14.9. The number of halogens is 1. The lowest BCUT2D eigenvalue weighted by Crippen LogP contribution is -2.19. The fourth-order valence-electron chi connectivity index (χ4n) is 0.654. The molecular formula is C9H12BrNOS2. The summed E-state index contributed by atoms with van der Waals surface area (Å²) in [6, 6.07) is 1.95. The molecule has 0 aromatic carbocycles. The Morgan fingerprint density at radius 3 is 2.64 bits per heavy atom. The maximum atomic E-state index is 11.6. The first-order chi connectivity index (χ1) is 6.39. The van der Waals surface area contributed by atoms with Crippen molar-refractivity contribution in [3.63, 3.8) is 0 Å². The van der Waals surface area contributed by atoms with Crippen LogP contribution in [-0.4, -0.2) is 15.2 Å². The molecule has 78 valence electrons. The van der Waals surface area contributed by atoms with E-state index in [1.54, 1.807) is 17.6 Å². The van der Waals surface area contributed by atoms with Crippen LogP contribution in [0.25, 0.3) is 0 Å². The van der Waals surface area contributed by atoms with Crippen LogP contribution in [0, 0.1) is 0 Å². The van der Waals surface area contributed by atoms with E-state index < -0.39 is 11.0 Å². The highest BCUT2D eigenvalue weighted by Crippen LogP contribution is 2.19. The molecule has 0 saturated carbocycles. The number of hydrogen-bond acceptors (Lipinski definition) is 2. The monoisotopic (exact) mass is 293 g/mol. The van der Waals surface area contributed by atoms with Crippen LogP contribution in [0.5, 0.6) is 0 Å². The van der Waals surface area contributed by atoms with Crippen LogP contribution < -0.4 is 0 Å². The van der Waals surface area contributed by atoms with Gasteiger partial charge >= 0.3 is 0 Å². The van der Waals surface area contributed by atoms with Crippen molar-refractivity contribution >= 4 is 44.5 Å². The molecule has 0 radical (unpaired) electrons. The summed E-state index contributed by atoms with van der Waals surface area (Å²) in [5.41, 5.74) is 0. The van der Waals surface area contributed by atoms with Crippen molar-refractivity contribution in [1.82, 2.24) is 0 Å². The largest absolute Gasteiger partial charge is 0.234 e. The Morgan fingerprint density at radius 2 is 2.21 bits per heavy atom. The maximum absolute atomic E-state index is 11.6. The van der Waals surface area contributed by atoms with Crippen LogP contribution in [0.1, 0.15) is 25.6 Å². The number of thiophene rings is 1. The van der Waals surface area contributed by atoms with Gasteiger partial charge in [-0.15, -0.1) is 11.3 Å². The molecule has 5 heteroatoms. The summed E-state index contributed by atoms with van der Waals surface area (Å²) in [6.45, 7) is 5.72. The Hall–Kier alpha value is -0.0000000000000000833. The second kappa shape index (κ2) is 4.68. The number of nitrogens with zero attached hydrogens (tertiary/aromatic N) is 1. The average Bonchev–Trinajstić information content (AvgIpc) is 2.45. The lowest BCUT2D eigenvalue weighted by Gasteiger charge is -2.12. The van der Waals surface area contributed by atoms with Crippen LogP contribution >= 0.6 is 27.3 Å². The fraction of sp³-hybridized carbons (Fsp3) is 0.444. The van der Waals surface area contributed by atoms with E-state index in [0.717, 1.165) is 9.35 Å². The number of rotatable bonds is 2. The minimum absolute atomic E-state index is 0.287. The predicted molar refractivity (Wildman–Crippen MR) is 67.5 cm³/mol. The highest BCUT2D eigenvalue weighted by molar-refractivity contribution is 9.10. The van der Waals surface area contributed by atoms with Gasteiger partial charge in [0, 0.05) is 14.7 Å². The first kappa shape index (κ1) is 12.1. The zero-order valence-electron chi connectivity index (χ0n) is 8.28. The van der Waals surface area contributed by atoms with Gasteiger partial charge in [0.15, 0.2) is 0 Å². The summed E-state index contributed by atoms with van der Waals surface area (Å²) in [6.07, 6.45) is 1.66. The fourth-order valence-corrected chi connectivity index (χ4v) is 2.55. The van der Waals surface area contributed by atoms with E-state index >= 15 is 0 Å². The highest BCUT2D eigenvalue weighted by atomic mass is 79.9. The van der Waals surface area contributed by atoms with Crippen LogP contribution in [0.4, 0.5) is 0 Å². The van der Waals surface area contributed by atoms with Gasteiger partial charge < -0.3 is 0 Å². The summed E-state index contributed by atoms with van der Waals surface area (Å²) in [5, 5.41) is 1.97. The first-order valence-electron chi connectivity index (χ1n) is 4.10. The van der Waals surface area contributed by atoms with Crippen molar-refractivity contribution in [1.29, 1.82) is 0 Å². The second-order valence-electron chi connectivity index (χ2n) is 3.76. The Labute approximate surface area is 99.2 Å². The van der Waals surface area contributed by atoms with Crippen LogP contribution in [0.2, 0.25) is 0 Å². The molecule has 0 spiro atoms. The summed E-state index contributed by atoms with van der Waals surface area (Å²) in [7, 11) is -1.17. The lowest BCUT2D eigenvalue weighted by molar-refractivity contribution is 0.651. The maximum Gasteiger partial charge on any atom is 0.144 e. The Morgan fingerprint density at radius 1 is 1.57 bits per heavy atom. The molecular weight excluding hydrogens is 282 g/mol. The average molecular weight is 294 g/mol. The molecule has 1 rings (SSSR count). The highest BCUT2D eigenvalue weighted by Gasteiger charge is 2.18. The van der Waals surface area contributed by atoms with Crippen molar-refractivity contribution in [2.45, 2.75) is 25.5 Å². The van der Waals surface area contributed by atoms with E-state index in [1.165, 1.54) is 0 Å². The lowest BCUT2D eigenvalue weighted by atomic mass is 10.3. The van der Waals surface area contributed by atoms with E-state index in [9.17, 15) is 4.21 Å². The third-order valence-corrected chi connectivity index (χ3v) is 4.36. The van der Waals surface area contributed by atoms with Gasteiger partial charge in [-0.1, -0.05) is 0 Å². The third-order valence-electron chi connectivity index (χ3n) is 1.39. The van der Waals surface area contributed by atoms with E-state index in [2.05, 4.69) is 20.3 Å². The molecule has 1 heterocycles. The van der Waals surface area contributed by atoms with Crippen molar-refractivity contribution in [3.8, 4) is 0 Å². The van der Waals surface area contributed by atoms with Crippen molar-refractivity contribution in [3.05, 3.63) is 20.8 Å². The van der Waals surface area contributed by atoms with E-state index in [1.807, 2.05) is 32.2 Å². The van der Waals surface area contributed by atoms with Crippen molar-refractivity contribution < 1.29 is 4.21 Å². The molecule has 1 unspecified atom stereocenters. The van der Waals surface area contributed by atoms with E-state index in [4.69, 9.17) is 0 Å². The zero-order valence-corrected chi connectivity index (χ0v) is 11.5. The van der Waals surface area contributed by atoms with Gasteiger partial charge in [-0.05, 0) is 42.8 Å². The molecule has 2 nitrogen and oxygen atoms in total. The van der Waals surface area contributed by atoms with Gasteiger partial charge in [-0.2, -0.15) is 4.40 Å². The second-order valence-corrected chi connectivity index (χ2v) is 7.56. The molecule has 1 atom stereocenters. The Kier molecular flexibility index (Phi) is 4.04. The molecule has 0 bridgehead atoms. The van der Waals surface area contributed by atoms with Gasteiger partial charge in [0.05, 0.1) is 11.0 Å². The molecule has 0 saturated heterocycles. The number of hydrogen-bond donors (Lipinski definition) is 0. The van der Waals surface area contributed by atoms with Crippen molar-refractivity contribution in [2.24, 2.45) is 4.40 Å². The smallest absolute Gasteiger partial charge is 0.144 e. The van der Waals surface area contributed by atoms with Gasteiger partial charge in [-0.25, -0.2) is 4.21 Å². The third kappa shape index (κ3) is 3.63. The summed E-state index contributed by atoms with van der Waals surface area (Å²) in [5.74, 6) is 0. The predicted octanol–water partition coefficient (Wildman–Crippen LogP) is 3.39. The molecule has 0 N–H and O–H groups in total. The zero-order chi connectivity index (χ0) is 10.8. The van der Waals surface area contributed by atoms with Gasteiger partial charge in [-0.3, -0.25) is 0 Å². The topological polar surface area (TPSA) is 29.4 Å². The molecule has 1 aromatic rings. The Balaban J connectivity index is 2.70. The van der Waals surface area contributed by atoms with Gasteiger partial charge in [0.1, 0.15) is 11.0 Å². The standard InChI is InChI=1S/C9H12BrNOS2/c1-9(2,3)14(12)11-5-8-4-7(10)6-13-8/h4-6H,1-3H3. The van der Waals surface area contributed by atoms with Crippen molar-refractivity contribution in [2.75, 3.05) is 0 Å². The van der Waals surface area contributed by atoms with E-state index in [-0.39, 0.29) is 4.75 Å². The van der Waals surface area contributed by atoms with Gasteiger partial charge in [0.25, 0.3) is 0 Å². The summed E-state index contributed by atoms with van der Waals surface area (Å²) in [4.78, 5) is 1.01. The summed E-state index contributed by atoms with van der Waals surface area (Å²) >= 11 is 4.92. The SMILES string of the molecule is CC(C)(C)S(=O)N=Cc1cc(Br)cs1. The Bertz CT molecular complexity index is 365. The molecule has 0 aliphatic carbocycles. The first-order valence-corrected chi connectivity index (χ1v) is 6.87.